The van der Waals surface area contributed by atoms with Crippen molar-refractivity contribution in [3.63, 3.8) is 0 Å². The summed E-state index contributed by atoms with van der Waals surface area (Å²) < 4.78 is 6.52. The van der Waals surface area contributed by atoms with Crippen LogP contribution in [0.4, 0.5) is 0 Å². The quantitative estimate of drug-likeness (QED) is 0.758. The molecule has 1 unspecified atom stereocenters. The lowest BCUT2D eigenvalue weighted by atomic mass is 10.2. The van der Waals surface area contributed by atoms with E-state index in [1.165, 1.54) is 4.90 Å². The lowest BCUT2D eigenvalue weighted by Crippen LogP contribution is -2.41. The van der Waals surface area contributed by atoms with Crippen molar-refractivity contribution in [3.8, 4) is 17.9 Å². The van der Waals surface area contributed by atoms with Crippen molar-refractivity contribution < 1.29 is 9.53 Å². The number of hydrogen-bond donors (Lipinski definition) is 0. The number of nitrogens with zero attached hydrogens (tertiary/aromatic N) is 3. The van der Waals surface area contributed by atoms with Gasteiger partial charge in [0.25, 0.3) is 5.91 Å². The standard InChI is InChI=1S/C15H16BrN3O2/c1-12(21-14-6-4-13(16)5-7-14)15(20)19(10-2-8-17)11-3-9-18/h4-7,12H,2-3,10-11H2,1H3. The fraction of sp³-hybridized carbons (Fsp3) is 0.400. The molecule has 0 aliphatic rings. The van der Waals surface area contributed by atoms with Gasteiger partial charge in [-0.15, -0.1) is 0 Å². The molecule has 0 aliphatic carbocycles. The second-order valence-corrected chi connectivity index (χ2v) is 5.27. The maximum Gasteiger partial charge on any atom is 0.263 e. The van der Waals surface area contributed by atoms with Crippen LogP contribution in [0, 0.1) is 22.7 Å². The van der Waals surface area contributed by atoms with Crippen LogP contribution in [0.1, 0.15) is 19.8 Å². The first-order valence-electron chi connectivity index (χ1n) is 6.53. The highest BCUT2D eigenvalue weighted by atomic mass is 79.9. The minimum atomic E-state index is -0.663. The molecule has 5 nitrogen and oxygen atoms in total. The molecule has 0 N–H and O–H groups in total. The zero-order valence-corrected chi connectivity index (χ0v) is 13.3. The molecule has 6 heteroatoms. The third-order valence-corrected chi connectivity index (χ3v) is 3.30. The van der Waals surface area contributed by atoms with E-state index < -0.39 is 6.10 Å². The van der Waals surface area contributed by atoms with E-state index >= 15 is 0 Å². The van der Waals surface area contributed by atoms with Crippen LogP contribution in [0.15, 0.2) is 28.7 Å². The highest BCUT2D eigenvalue weighted by molar-refractivity contribution is 9.10. The molecule has 0 aliphatic heterocycles. The Bertz CT molecular complexity index is 528. The number of rotatable bonds is 7. The van der Waals surface area contributed by atoms with Gasteiger partial charge in [-0.05, 0) is 31.2 Å². The molecule has 0 fully saturated rings. The number of amides is 1. The highest BCUT2D eigenvalue weighted by Gasteiger charge is 2.21. The molecule has 1 amide bonds. The lowest BCUT2D eigenvalue weighted by molar-refractivity contribution is -0.137. The van der Waals surface area contributed by atoms with Crippen LogP contribution in [0.25, 0.3) is 0 Å². The zero-order chi connectivity index (χ0) is 15.7. The second-order valence-electron chi connectivity index (χ2n) is 4.36. The Labute approximate surface area is 132 Å². The molecule has 0 radical (unpaired) electrons. The Balaban J connectivity index is 2.66. The lowest BCUT2D eigenvalue weighted by Gasteiger charge is -2.24. The predicted molar refractivity (Wildman–Crippen MR) is 81.3 cm³/mol. The van der Waals surface area contributed by atoms with E-state index in [1.54, 1.807) is 19.1 Å². The van der Waals surface area contributed by atoms with Gasteiger partial charge in [0.15, 0.2) is 6.10 Å². The van der Waals surface area contributed by atoms with Gasteiger partial charge in [0.1, 0.15) is 5.75 Å². The number of carbonyl (C=O) groups is 1. The Hall–Kier alpha value is -2.05. The van der Waals surface area contributed by atoms with Gasteiger partial charge < -0.3 is 9.64 Å². The minimum Gasteiger partial charge on any atom is -0.481 e. The van der Waals surface area contributed by atoms with Gasteiger partial charge in [-0.1, -0.05) is 15.9 Å². The molecule has 0 spiro atoms. The molecular weight excluding hydrogens is 334 g/mol. The number of hydrogen-bond acceptors (Lipinski definition) is 4. The first-order chi connectivity index (χ1) is 10.1. The molecule has 110 valence electrons. The molecule has 21 heavy (non-hydrogen) atoms. The molecular formula is C15H16BrN3O2. The Kier molecular flexibility index (Phi) is 7.28. The third kappa shape index (κ3) is 5.85. The molecule has 0 saturated carbocycles. The van der Waals surface area contributed by atoms with Crippen molar-refractivity contribution in [2.75, 3.05) is 13.1 Å². The van der Waals surface area contributed by atoms with E-state index in [0.717, 1.165) is 4.47 Å². The maximum absolute atomic E-state index is 12.3. The van der Waals surface area contributed by atoms with Crippen LogP contribution in [-0.4, -0.2) is 30.0 Å². The van der Waals surface area contributed by atoms with Crippen LogP contribution in [0.5, 0.6) is 5.75 Å². The Morgan fingerprint density at radius 1 is 1.24 bits per heavy atom. The number of halogens is 1. The van der Waals surface area contributed by atoms with Gasteiger partial charge in [0, 0.05) is 17.6 Å². The third-order valence-electron chi connectivity index (χ3n) is 2.77. The van der Waals surface area contributed by atoms with E-state index in [1.807, 2.05) is 24.3 Å². The van der Waals surface area contributed by atoms with Crippen molar-refractivity contribution in [3.05, 3.63) is 28.7 Å². The molecule has 1 aromatic rings. The number of ether oxygens (including phenoxy) is 1. The first-order valence-corrected chi connectivity index (χ1v) is 7.32. The molecule has 0 bridgehead atoms. The van der Waals surface area contributed by atoms with Crippen molar-refractivity contribution in [2.45, 2.75) is 25.9 Å². The van der Waals surface area contributed by atoms with Crippen LogP contribution >= 0.6 is 15.9 Å². The average Bonchev–Trinajstić information content (AvgIpc) is 2.49. The summed E-state index contributed by atoms with van der Waals surface area (Å²) in [4.78, 5) is 13.8. The van der Waals surface area contributed by atoms with Gasteiger partial charge in [-0.3, -0.25) is 4.79 Å². The summed E-state index contributed by atoms with van der Waals surface area (Å²) in [5, 5.41) is 17.3. The maximum atomic E-state index is 12.3. The first kappa shape index (κ1) is 17.0. The van der Waals surface area contributed by atoms with Crippen LogP contribution in [0.2, 0.25) is 0 Å². The van der Waals surface area contributed by atoms with Gasteiger partial charge in [0.2, 0.25) is 0 Å². The van der Waals surface area contributed by atoms with E-state index in [4.69, 9.17) is 15.3 Å². The van der Waals surface area contributed by atoms with E-state index in [0.29, 0.717) is 18.8 Å². The fourth-order valence-corrected chi connectivity index (χ4v) is 1.99. The van der Waals surface area contributed by atoms with Gasteiger partial charge in [-0.2, -0.15) is 10.5 Å². The van der Waals surface area contributed by atoms with Crippen molar-refractivity contribution in [1.82, 2.24) is 4.90 Å². The van der Waals surface area contributed by atoms with E-state index in [-0.39, 0.29) is 18.7 Å². The fourth-order valence-electron chi connectivity index (χ4n) is 1.73. The Morgan fingerprint density at radius 2 is 1.76 bits per heavy atom. The van der Waals surface area contributed by atoms with Crippen molar-refractivity contribution >= 4 is 21.8 Å². The number of nitriles is 2. The van der Waals surface area contributed by atoms with Crippen LogP contribution in [-0.2, 0) is 4.79 Å². The summed E-state index contributed by atoms with van der Waals surface area (Å²) in [6.07, 6.45) is -0.187. The monoisotopic (exact) mass is 349 g/mol. The predicted octanol–water partition coefficient (Wildman–Crippen LogP) is 2.87. The summed E-state index contributed by atoms with van der Waals surface area (Å²) in [5.74, 6) is 0.378. The number of benzene rings is 1. The molecule has 0 saturated heterocycles. The summed E-state index contributed by atoms with van der Waals surface area (Å²) in [7, 11) is 0. The topological polar surface area (TPSA) is 77.1 Å². The second kappa shape index (κ2) is 8.99. The highest BCUT2D eigenvalue weighted by Crippen LogP contribution is 2.18. The van der Waals surface area contributed by atoms with Crippen LogP contribution < -0.4 is 4.74 Å². The normalized spacial score (nSPS) is 11.0. The van der Waals surface area contributed by atoms with Crippen molar-refractivity contribution in [2.24, 2.45) is 0 Å². The van der Waals surface area contributed by atoms with Gasteiger partial charge in [0.05, 0.1) is 25.0 Å². The molecule has 1 atom stereocenters. The summed E-state index contributed by atoms with van der Waals surface area (Å²) in [6.45, 7) is 2.28. The average molecular weight is 350 g/mol. The van der Waals surface area contributed by atoms with Gasteiger partial charge >= 0.3 is 0 Å². The summed E-state index contributed by atoms with van der Waals surface area (Å²) >= 11 is 3.33. The zero-order valence-electron chi connectivity index (χ0n) is 11.8. The summed E-state index contributed by atoms with van der Waals surface area (Å²) in [6, 6.07) is 11.2. The molecule has 1 rings (SSSR count). The largest absolute Gasteiger partial charge is 0.481 e. The number of carbonyl (C=O) groups excluding carboxylic acids is 1. The van der Waals surface area contributed by atoms with E-state index in [9.17, 15) is 4.79 Å². The van der Waals surface area contributed by atoms with Crippen molar-refractivity contribution in [1.29, 1.82) is 10.5 Å². The summed E-state index contributed by atoms with van der Waals surface area (Å²) in [5.41, 5.74) is 0. The molecule has 1 aromatic carbocycles. The van der Waals surface area contributed by atoms with Crippen LogP contribution in [0.3, 0.4) is 0 Å². The van der Waals surface area contributed by atoms with Gasteiger partial charge in [-0.25, -0.2) is 0 Å². The van der Waals surface area contributed by atoms with E-state index in [2.05, 4.69) is 15.9 Å². The minimum absolute atomic E-state index is 0.219. The molecule has 0 aromatic heterocycles. The smallest absolute Gasteiger partial charge is 0.263 e. The molecule has 0 heterocycles. The Morgan fingerprint density at radius 3 is 2.24 bits per heavy atom. The SMILES string of the molecule is CC(Oc1ccc(Br)cc1)C(=O)N(CCC#N)CCC#N.